The Morgan fingerprint density at radius 2 is 1.95 bits per heavy atom. The maximum atomic E-state index is 14.0. The van der Waals surface area contributed by atoms with E-state index in [1.165, 1.54) is 23.3 Å². The van der Waals surface area contributed by atoms with Gasteiger partial charge in [0.25, 0.3) is 0 Å². The minimum Gasteiger partial charge on any atom is -0.207 e. The van der Waals surface area contributed by atoms with Gasteiger partial charge in [-0.1, -0.05) is 35.9 Å². The quantitative estimate of drug-likeness (QED) is 0.787. The van der Waals surface area contributed by atoms with E-state index < -0.39 is 5.41 Å². The topological polar surface area (TPSA) is 23.8 Å². The molecule has 0 N–H and O–H groups in total. The molecule has 1 aliphatic carbocycles. The Balaban J connectivity index is 1.93. The van der Waals surface area contributed by atoms with Crippen LogP contribution in [0, 0.1) is 22.6 Å². The molecule has 1 unspecified atom stereocenters. The molecule has 0 bridgehead atoms. The van der Waals surface area contributed by atoms with Crippen LogP contribution in [0.15, 0.2) is 42.5 Å². The summed E-state index contributed by atoms with van der Waals surface area (Å²) in [7, 11) is 0. The van der Waals surface area contributed by atoms with E-state index in [1.807, 2.05) is 12.1 Å². The van der Waals surface area contributed by atoms with Crippen molar-refractivity contribution < 1.29 is 4.39 Å². The Kier molecular flexibility index (Phi) is 3.69. The molecule has 3 rings (SSSR count). The van der Waals surface area contributed by atoms with E-state index in [0.29, 0.717) is 23.4 Å². The summed E-state index contributed by atoms with van der Waals surface area (Å²) in [6.07, 6.45) is 2.70. The van der Waals surface area contributed by atoms with Crippen LogP contribution in [0.2, 0.25) is 5.02 Å². The van der Waals surface area contributed by atoms with Gasteiger partial charge in [0.15, 0.2) is 0 Å². The largest absolute Gasteiger partial charge is 0.207 e. The van der Waals surface area contributed by atoms with Crippen molar-refractivity contribution in [3.63, 3.8) is 0 Å². The monoisotopic (exact) mass is 299 g/mol. The molecule has 21 heavy (non-hydrogen) atoms. The van der Waals surface area contributed by atoms with Crippen molar-refractivity contribution >= 4 is 11.6 Å². The fraction of sp³-hybridized carbons (Fsp3) is 0.278. The number of aryl methyl sites for hydroxylation is 1. The number of nitriles is 1. The van der Waals surface area contributed by atoms with Crippen molar-refractivity contribution in [2.24, 2.45) is 5.41 Å². The van der Waals surface area contributed by atoms with Crippen molar-refractivity contribution in [3.05, 3.63) is 70.0 Å². The Hall–Kier alpha value is -1.85. The molecule has 1 nitrogen and oxygen atoms in total. The lowest BCUT2D eigenvalue weighted by molar-refractivity contribution is 0.335. The molecule has 0 spiro atoms. The van der Waals surface area contributed by atoms with E-state index in [0.717, 1.165) is 12.8 Å². The zero-order chi connectivity index (χ0) is 14.9. The van der Waals surface area contributed by atoms with Crippen LogP contribution in [0.4, 0.5) is 4.39 Å². The van der Waals surface area contributed by atoms with Crippen molar-refractivity contribution in [3.8, 4) is 6.07 Å². The average molecular weight is 300 g/mol. The number of benzene rings is 2. The Bertz CT molecular complexity index is 719. The minimum atomic E-state index is -0.542. The van der Waals surface area contributed by atoms with Crippen molar-refractivity contribution in [2.75, 3.05) is 0 Å². The molecule has 2 aromatic rings. The summed E-state index contributed by atoms with van der Waals surface area (Å²) in [5.74, 6) is -0.284. The van der Waals surface area contributed by atoms with Crippen LogP contribution in [0.5, 0.6) is 0 Å². The number of hydrogen-bond acceptors (Lipinski definition) is 1. The first-order valence-corrected chi connectivity index (χ1v) is 7.42. The van der Waals surface area contributed by atoms with E-state index in [9.17, 15) is 9.65 Å². The molecule has 0 fully saturated rings. The van der Waals surface area contributed by atoms with E-state index in [1.54, 1.807) is 6.07 Å². The van der Waals surface area contributed by atoms with Crippen molar-refractivity contribution in [1.82, 2.24) is 0 Å². The van der Waals surface area contributed by atoms with Gasteiger partial charge in [0.1, 0.15) is 5.82 Å². The van der Waals surface area contributed by atoms with Crippen LogP contribution >= 0.6 is 11.6 Å². The second-order valence-corrected chi connectivity index (χ2v) is 6.19. The first-order valence-electron chi connectivity index (χ1n) is 7.04. The summed E-state index contributed by atoms with van der Waals surface area (Å²) >= 11 is 5.95. The molecule has 0 saturated heterocycles. The molecular formula is C18H15ClFN. The van der Waals surface area contributed by atoms with Gasteiger partial charge in [-0.25, -0.2) is 4.39 Å². The zero-order valence-corrected chi connectivity index (χ0v) is 12.3. The fourth-order valence-electron chi connectivity index (χ4n) is 3.13. The smallest absolute Gasteiger partial charge is 0.126 e. The molecule has 106 valence electrons. The normalized spacial score (nSPS) is 20.6. The summed E-state index contributed by atoms with van der Waals surface area (Å²) in [4.78, 5) is 0. The highest BCUT2D eigenvalue weighted by Crippen LogP contribution is 2.38. The molecule has 1 aliphatic rings. The summed E-state index contributed by atoms with van der Waals surface area (Å²) in [5, 5.41) is 10.2. The SMILES string of the molecule is N#CC1(Cc2cc(Cl)ccc2F)CCc2ccccc2C1. The number of hydrogen-bond donors (Lipinski definition) is 0. The van der Waals surface area contributed by atoms with Gasteiger partial charge in [0.2, 0.25) is 0 Å². The molecule has 2 aromatic carbocycles. The van der Waals surface area contributed by atoms with Crippen molar-refractivity contribution in [1.29, 1.82) is 5.26 Å². The lowest BCUT2D eigenvalue weighted by Gasteiger charge is -2.32. The van der Waals surface area contributed by atoms with Crippen molar-refractivity contribution in [2.45, 2.75) is 25.7 Å². The average Bonchev–Trinajstić information content (AvgIpc) is 2.51. The van der Waals surface area contributed by atoms with Crippen LogP contribution in [0.25, 0.3) is 0 Å². The number of nitrogens with zero attached hydrogens (tertiary/aromatic N) is 1. The predicted octanol–water partition coefficient (Wildman–Crippen LogP) is 4.72. The maximum Gasteiger partial charge on any atom is 0.126 e. The number of fused-ring (bicyclic) bond motifs is 1. The minimum absolute atomic E-state index is 0.284. The van der Waals surface area contributed by atoms with Gasteiger partial charge in [0, 0.05) is 5.02 Å². The van der Waals surface area contributed by atoms with E-state index >= 15 is 0 Å². The third-order valence-electron chi connectivity index (χ3n) is 4.29. The van der Waals surface area contributed by atoms with Crippen LogP contribution in [-0.4, -0.2) is 0 Å². The molecular weight excluding hydrogens is 285 g/mol. The summed E-state index contributed by atoms with van der Waals surface area (Å²) < 4.78 is 14.0. The van der Waals surface area contributed by atoms with Gasteiger partial charge in [-0.15, -0.1) is 0 Å². The molecule has 0 heterocycles. The van der Waals surface area contributed by atoms with Crippen LogP contribution in [0.1, 0.15) is 23.1 Å². The Morgan fingerprint density at radius 3 is 2.71 bits per heavy atom. The lowest BCUT2D eigenvalue weighted by atomic mass is 9.69. The number of halogens is 2. The van der Waals surface area contributed by atoms with Gasteiger partial charge < -0.3 is 0 Å². The Morgan fingerprint density at radius 1 is 1.19 bits per heavy atom. The number of rotatable bonds is 2. The van der Waals surface area contributed by atoms with Crippen LogP contribution in [-0.2, 0) is 19.3 Å². The summed E-state index contributed by atoms with van der Waals surface area (Å²) in [5.41, 5.74) is 2.49. The third-order valence-corrected chi connectivity index (χ3v) is 4.53. The van der Waals surface area contributed by atoms with Gasteiger partial charge in [-0.05, 0) is 60.6 Å². The molecule has 0 aromatic heterocycles. The van der Waals surface area contributed by atoms with E-state index in [-0.39, 0.29) is 5.82 Å². The highest BCUT2D eigenvalue weighted by molar-refractivity contribution is 6.30. The maximum absolute atomic E-state index is 14.0. The summed E-state index contributed by atoms with van der Waals surface area (Å²) in [6.45, 7) is 0. The van der Waals surface area contributed by atoms with Gasteiger partial charge in [0.05, 0.1) is 11.5 Å². The van der Waals surface area contributed by atoms with E-state index in [4.69, 9.17) is 11.6 Å². The fourth-order valence-corrected chi connectivity index (χ4v) is 3.32. The van der Waals surface area contributed by atoms with E-state index in [2.05, 4.69) is 18.2 Å². The van der Waals surface area contributed by atoms with Crippen LogP contribution < -0.4 is 0 Å². The second-order valence-electron chi connectivity index (χ2n) is 5.75. The predicted molar refractivity (Wildman–Crippen MR) is 81.6 cm³/mol. The molecule has 0 radical (unpaired) electrons. The molecule has 0 aliphatic heterocycles. The standard InChI is InChI=1S/C18H15ClFN/c19-16-5-6-17(20)15(9-16)11-18(12-21)8-7-13-3-1-2-4-14(13)10-18/h1-6,9H,7-8,10-11H2. The zero-order valence-electron chi connectivity index (χ0n) is 11.6. The second kappa shape index (κ2) is 5.50. The highest BCUT2D eigenvalue weighted by atomic mass is 35.5. The first-order chi connectivity index (χ1) is 10.1. The molecule has 3 heteroatoms. The lowest BCUT2D eigenvalue weighted by Crippen LogP contribution is -2.30. The first kappa shape index (κ1) is 14.1. The van der Waals surface area contributed by atoms with Gasteiger partial charge >= 0.3 is 0 Å². The highest BCUT2D eigenvalue weighted by Gasteiger charge is 2.35. The van der Waals surface area contributed by atoms with Gasteiger partial charge in [-0.3, -0.25) is 0 Å². The summed E-state index contributed by atoms with van der Waals surface area (Å²) in [6, 6.07) is 15.2. The molecule has 0 amide bonds. The molecule has 0 saturated carbocycles. The van der Waals surface area contributed by atoms with Gasteiger partial charge in [-0.2, -0.15) is 5.26 Å². The van der Waals surface area contributed by atoms with Crippen LogP contribution in [0.3, 0.4) is 0 Å². The Labute approximate surface area is 129 Å². The molecule has 1 atom stereocenters. The third kappa shape index (κ3) is 2.80.